The molecule has 1 aromatic heterocycles. The molecule has 2 aromatic carbocycles. The summed E-state index contributed by atoms with van der Waals surface area (Å²) in [5.74, 6) is -2.16. The van der Waals surface area contributed by atoms with Crippen molar-refractivity contribution in [1.29, 1.82) is 0 Å². The van der Waals surface area contributed by atoms with E-state index in [2.05, 4.69) is 10.3 Å². The smallest absolute Gasteiger partial charge is 0.408 e. The molecule has 308 valence electrons. The zero-order chi connectivity index (χ0) is 40.3. The van der Waals surface area contributed by atoms with E-state index in [1.54, 1.807) is 6.07 Å². The van der Waals surface area contributed by atoms with E-state index in [1.165, 1.54) is 11.0 Å². The quantitative estimate of drug-likeness (QED) is 0.203. The number of fused-ring (bicyclic) bond motifs is 3. The average molecular weight is 810 g/mol. The fourth-order valence-corrected chi connectivity index (χ4v) is 11.9. The number of aromatic nitrogens is 1. The lowest BCUT2D eigenvalue weighted by Crippen LogP contribution is -2.52. The van der Waals surface area contributed by atoms with Gasteiger partial charge in [-0.2, -0.15) is 0 Å². The number of aryl methyl sites for hydroxylation is 1. The first kappa shape index (κ1) is 41.1. The molecular weight excluding hydrogens is 755 g/mol. The fourth-order valence-electron chi connectivity index (χ4n) is 9.26. The van der Waals surface area contributed by atoms with Crippen LogP contribution in [-0.2, 0) is 25.1 Å². The topological polar surface area (TPSA) is 144 Å². The third-order valence-corrected chi connectivity index (χ3v) is 15.3. The number of halogens is 2. The monoisotopic (exact) mass is 809 g/mol. The maximum atomic E-state index is 14.9. The molecule has 57 heavy (non-hydrogen) atoms. The molecule has 0 bridgehead atoms. The number of nitrogens with one attached hydrogen (secondary N) is 1. The SMILES string of the molecule is CCOc1cc(OC2C[C@H]3C(=O)C[C@]4(P(=O)(O)Cc5c(F)cccc5F)C[C@@H]4CCCCCCC[C@H](NC(=O)OC4CCCC4)C(=O)N3C2)c2ccc(C)cc2n1. The number of rotatable bonds is 9. The van der Waals surface area contributed by atoms with Crippen molar-refractivity contribution in [2.24, 2.45) is 5.92 Å². The van der Waals surface area contributed by atoms with Crippen LogP contribution in [0.15, 0.2) is 42.5 Å². The van der Waals surface area contributed by atoms with Crippen molar-refractivity contribution >= 4 is 36.1 Å². The Bertz CT molecular complexity index is 2010. The van der Waals surface area contributed by atoms with Crippen molar-refractivity contribution in [2.75, 3.05) is 13.2 Å². The molecule has 14 heteroatoms. The normalized spacial score (nSPS) is 27.1. The van der Waals surface area contributed by atoms with E-state index in [0.717, 1.165) is 74.4 Å². The first-order chi connectivity index (χ1) is 27.4. The molecule has 2 amide bonds. The molecule has 2 aliphatic heterocycles. The highest BCUT2D eigenvalue weighted by atomic mass is 31.2. The molecule has 3 heterocycles. The van der Waals surface area contributed by atoms with E-state index in [0.29, 0.717) is 43.0 Å². The van der Waals surface area contributed by atoms with Gasteiger partial charge in [0.05, 0.1) is 36.0 Å². The summed E-state index contributed by atoms with van der Waals surface area (Å²) in [5, 5.41) is 2.17. The van der Waals surface area contributed by atoms with Gasteiger partial charge in [0, 0.05) is 29.9 Å². The largest absolute Gasteiger partial charge is 0.488 e. The van der Waals surface area contributed by atoms with E-state index in [9.17, 15) is 32.6 Å². The zero-order valence-electron chi connectivity index (χ0n) is 32.9. The van der Waals surface area contributed by atoms with Gasteiger partial charge >= 0.3 is 6.09 Å². The molecule has 2 saturated carbocycles. The van der Waals surface area contributed by atoms with E-state index < -0.39 is 71.9 Å². The highest BCUT2D eigenvalue weighted by Gasteiger charge is 2.66. The summed E-state index contributed by atoms with van der Waals surface area (Å²) >= 11 is 0. The maximum absolute atomic E-state index is 14.9. The van der Waals surface area contributed by atoms with Crippen LogP contribution in [0.4, 0.5) is 13.6 Å². The zero-order valence-corrected chi connectivity index (χ0v) is 33.7. The van der Waals surface area contributed by atoms with Gasteiger partial charge in [0.1, 0.15) is 35.6 Å². The summed E-state index contributed by atoms with van der Waals surface area (Å²) in [4.78, 5) is 60.5. The lowest BCUT2D eigenvalue weighted by molar-refractivity contribution is -0.139. The molecule has 11 nitrogen and oxygen atoms in total. The van der Waals surface area contributed by atoms with Crippen molar-refractivity contribution in [3.8, 4) is 11.6 Å². The van der Waals surface area contributed by atoms with Crippen LogP contribution in [0.25, 0.3) is 10.9 Å². The number of ether oxygens (including phenoxy) is 3. The summed E-state index contributed by atoms with van der Waals surface area (Å²) in [7, 11) is -4.39. The molecule has 0 radical (unpaired) electrons. The van der Waals surface area contributed by atoms with Crippen LogP contribution in [0.5, 0.6) is 11.6 Å². The third kappa shape index (κ3) is 9.15. The molecule has 0 spiro atoms. The van der Waals surface area contributed by atoms with Gasteiger partial charge in [0.15, 0.2) is 5.78 Å². The predicted molar refractivity (Wildman–Crippen MR) is 211 cm³/mol. The number of alkyl carbamates (subject to hydrolysis) is 1. The lowest BCUT2D eigenvalue weighted by Gasteiger charge is -2.30. The van der Waals surface area contributed by atoms with E-state index in [-0.39, 0.29) is 37.8 Å². The Balaban J connectivity index is 1.21. The summed E-state index contributed by atoms with van der Waals surface area (Å²) in [6, 6.07) is 8.76. The standard InChI is InChI=1S/C43H54F2N3O8P/c1-3-54-40-22-39(31-19-18-27(2)20-36(31)46-40)55-30-21-37-38(49)24-43(57(52,53)26-32-33(44)15-11-16-34(32)45)23-28(43)12-7-5-4-6-8-17-35(41(50)48(37)25-30)47-42(51)56-29-13-9-10-14-29/h11,15-16,18-20,22,28-30,35,37H,3-10,12-14,17,21,23-26H2,1-2H3,(H,47,51)(H,52,53)/t28-,30?,35-,37-,43+/m0/s1. The van der Waals surface area contributed by atoms with E-state index in [1.807, 2.05) is 32.0 Å². The molecule has 2 N–H and O–H groups in total. The number of carbonyl (C=O) groups excluding carboxylic acids is 3. The molecule has 2 aliphatic carbocycles. The molecule has 6 atom stereocenters. The Kier molecular flexibility index (Phi) is 12.5. The average Bonchev–Trinajstić information content (AvgIpc) is 3.43. The number of benzene rings is 2. The number of Topliss-reactive ketones (excluding diaryl/α,β-unsaturated/α-hetero) is 1. The van der Waals surface area contributed by atoms with Crippen LogP contribution in [0.3, 0.4) is 0 Å². The Morgan fingerprint density at radius 2 is 1.68 bits per heavy atom. The third-order valence-electron chi connectivity index (χ3n) is 12.4. The van der Waals surface area contributed by atoms with Gasteiger partial charge in [0.2, 0.25) is 19.2 Å². The minimum atomic E-state index is -4.39. The second kappa shape index (κ2) is 17.4. The summed E-state index contributed by atoms with van der Waals surface area (Å²) < 4.78 is 62.3. The van der Waals surface area contributed by atoms with Crippen molar-refractivity contribution in [3.63, 3.8) is 0 Å². The minimum Gasteiger partial charge on any atom is -0.488 e. The maximum Gasteiger partial charge on any atom is 0.408 e. The highest BCUT2D eigenvalue weighted by molar-refractivity contribution is 7.59. The van der Waals surface area contributed by atoms with Gasteiger partial charge < -0.3 is 29.3 Å². The van der Waals surface area contributed by atoms with Crippen molar-refractivity contribution < 1.29 is 46.8 Å². The van der Waals surface area contributed by atoms with Gasteiger partial charge in [-0.05, 0) is 94.5 Å². The van der Waals surface area contributed by atoms with Crippen LogP contribution in [0, 0.1) is 24.5 Å². The first-order valence-corrected chi connectivity index (χ1v) is 22.5. The number of carbonyl (C=O) groups is 3. The number of hydrogen-bond acceptors (Lipinski definition) is 8. The van der Waals surface area contributed by atoms with Crippen LogP contribution < -0.4 is 14.8 Å². The Morgan fingerprint density at radius 1 is 0.982 bits per heavy atom. The second-order valence-electron chi connectivity index (χ2n) is 16.5. The molecule has 2 unspecified atom stereocenters. The Morgan fingerprint density at radius 3 is 2.42 bits per heavy atom. The highest BCUT2D eigenvalue weighted by Crippen LogP contribution is 2.75. The van der Waals surface area contributed by atoms with Crippen LogP contribution in [-0.4, -0.2) is 75.2 Å². The van der Waals surface area contributed by atoms with E-state index in [4.69, 9.17) is 14.2 Å². The number of pyridine rings is 1. The predicted octanol–water partition coefficient (Wildman–Crippen LogP) is 8.54. The summed E-state index contributed by atoms with van der Waals surface area (Å²) in [5.41, 5.74) is 1.18. The van der Waals surface area contributed by atoms with Gasteiger partial charge in [-0.1, -0.05) is 44.2 Å². The minimum absolute atomic E-state index is 0.0123. The number of amides is 2. The lowest BCUT2D eigenvalue weighted by atomic mass is 10.0. The number of nitrogens with zero attached hydrogens (tertiary/aromatic N) is 2. The first-order valence-electron chi connectivity index (χ1n) is 20.6. The summed E-state index contributed by atoms with van der Waals surface area (Å²) in [6.45, 7) is 4.20. The molecule has 4 fully saturated rings. The number of hydrogen-bond donors (Lipinski definition) is 2. The van der Waals surface area contributed by atoms with Crippen molar-refractivity contribution in [3.05, 3.63) is 65.2 Å². The molecular formula is C43H54F2N3O8P. The molecule has 4 aliphatic rings. The Hall–Kier alpha value is -4.09. The van der Waals surface area contributed by atoms with Gasteiger partial charge in [0.25, 0.3) is 0 Å². The Labute approximate surface area is 332 Å². The number of ketones is 1. The van der Waals surface area contributed by atoms with Crippen molar-refractivity contribution in [1.82, 2.24) is 15.2 Å². The second-order valence-corrected chi connectivity index (χ2v) is 19.1. The fraction of sp³-hybridized carbons (Fsp3) is 0.581. The van der Waals surface area contributed by atoms with Gasteiger partial charge in [-0.3, -0.25) is 14.2 Å². The molecule has 2 saturated heterocycles. The van der Waals surface area contributed by atoms with Gasteiger partial charge in [-0.15, -0.1) is 0 Å². The van der Waals surface area contributed by atoms with Crippen LogP contribution in [0.1, 0.15) is 108 Å². The summed E-state index contributed by atoms with van der Waals surface area (Å²) in [6.07, 6.45) is 6.06. The molecule has 3 aromatic rings. The van der Waals surface area contributed by atoms with Gasteiger partial charge in [-0.25, -0.2) is 18.6 Å². The van der Waals surface area contributed by atoms with Crippen molar-refractivity contribution in [2.45, 2.75) is 139 Å². The molecule has 7 rings (SSSR count). The van der Waals surface area contributed by atoms with Crippen LogP contribution in [0.2, 0.25) is 0 Å². The van der Waals surface area contributed by atoms with E-state index >= 15 is 0 Å². The van der Waals surface area contributed by atoms with Crippen LogP contribution >= 0.6 is 7.37 Å².